The zero-order chi connectivity index (χ0) is 13.4. The number of carboxylic acid groups (broad SMARTS) is 1. The molecule has 100 valence electrons. The maximum atomic E-state index is 11.2. The molecule has 1 N–H and O–H groups in total. The van der Waals surface area contributed by atoms with Gasteiger partial charge in [-0.15, -0.1) is 0 Å². The second kappa shape index (κ2) is 7.75. The Hall–Kier alpha value is -1.51. The fourth-order valence-electron chi connectivity index (χ4n) is 1.86. The van der Waals surface area contributed by atoms with Crippen molar-refractivity contribution in [1.29, 1.82) is 0 Å². The van der Waals surface area contributed by atoms with E-state index in [1.807, 2.05) is 24.3 Å². The van der Waals surface area contributed by atoms with E-state index in [0.29, 0.717) is 13.0 Å². The monoisotopic (exact) mass is 250 g/mol. The Kier molecular flexibility index (Phi) is 6.26. The molecular formula is C15H22O3. The highest BCUT2D eigenvalue weighted by Crippen LogP contribution is 2.24. The van der Waals surface area contributed by atoms with Crippen molar-refractivity contribution in [2.75, 3.05) is 6.61 Å². The van der Waals surface area contributed by atoms with Crippen molar-refractivity contribution >= 4 is 5.97 Å². The van der Waals surface area contributed by atoms with Gasteiger partial charge in [0.2, 0.25) is 0 Å². The fourth-order valence-corrected chi connectivity index (χ4v) is 1.86. The molecule has 0 aliphatic rings. The van der Waals surface area contributed by atoms with Crippen LogP contribution in [0, 0.1) is 0 Å². The molecule has 0 amide bonds. The van der Waals surface area contributed by atoms with Crippen LogP contribution in [0.15, 0.2) is 24.3 Å². The van der Waals surface area contributed by atoms with Crippen LogP contribution in [0.4, 0.5) is 0 Å². The second-order valence-electron chi connectivity index (χ2n) is 4.45. The molecule has 18 heavy (non-hydrogen) atoms. The molecule has 0 spiro atoms. The summed E-state index contributed by atoms with van der Waals surface area (Å²) in [6.07, 6.45) is 3.61. The third kappa shape index (κ3) is 4.40. The van der Waals surface area contributed by atoms with Crippen molar-refractivity contribution < 1.29 is 14.6 Å². The lowest BCUT2D eigenvalue weighted by Gasteiger charge is -2.13. The summed E-state index contributed by atoms with van der Waals surface area (Å²) >= 11 is 0. The van der Waals surface area contributed by atoms with Crippen molar-refractivity contribution in [2.45, 2.75) is 45.4 Å². The smallest absolute Gasteiger partial charge is 0.310 e. The average molecular weight is 250 g/mol. The van der Waals surface area contributed by atoms with E-state index >= 15 is 0 Å². The lowest BCUT2D eigenvalue weighted by molar-refractivity contribution is -0.139. The quantitative estimate of drug-likeness (QED) is 0.762. The Morgan fingerprint density at radius 2 is 1.89 bits per heavy atom. The lowest BCUT2D eigenvalue weighted by atomic mass is 9.94. The summed E-state index contributed by atoms with van der Waals surface area (Å²) < 4.78 is 5.48. The first-order valence-electron chi connectivity index (χ1n) is 6.64. The first-order valence-corrected chi connectivity index (χ1v) is 6.64. The minimum absolute atomic E-state index is 0.398. The van der Waals surface area contributed by atoms with Crippen LogP contribution in [0.2, 0.25) is 0 Å². The third-order valence-corrected chi connectivity index (χ3v) is 2.90. The molecule has 1 atom stereocenters. The predicted octanol–water partition coefficient (Wildman–Crippen LogP) is 3.83. The molecular weight excluding hydrogens is 228 g/mol. The molecule has 3 heteroatoms. The number of carbonyl (C=O) groups is 1. The highest BCUT2D eigenvalue weighted by atomic mass is 16.5. The number of unbranched alkanes of at least 4 members (excludes halogenated alkanes) is 1. The number of aliphatic carboxylic acids is 1. The summed E-state index contributed by atoms with van der Waals surface area (Å²) in [4.78, 5) is 11.2. The zero-order valence-electron chi connectivity index (χ0n) is 11.2. The summed E-state index contributed by atoms with van der Waals surface area (Å²) in [6, 6.07) is 7.43. The predicted molar refractivity (Wildman–Crippen MR) is 72.1 cm³/mol. The Balaban J connectivity index is 2.70. The van der Waals surface area contributed by atoms with E-state index in [2.05, 4.69) is 13.8 Å². The van der Waals surface area contributed by atoms with Gasteiger partial charge in [0, 0.05) is 0 Å². The van der Waals surface area contributed by atoms with E-state index in [-0.39, 0.29) is 0 Å². The number of ether oxygens (including phenoxy) is 1. The van der Waals surface area contributed by atoms with Crippen LogP contribution in [0.25, 0.3) is 0 Å². The van der Waals surface area contributed by atoms with Gasteiger partial charge >= 0.3 is 5.97 Å². The van der Waals surface area contributed by atoms with Crippen molar-refractivity contribution in [3.63, 3.8) is 0 Å². The Morgan fingerprint density at radius 3 is 2.39 bits per heavy atom. The number of hydrogen-bond donors (Lipinski definition) is 1. The summed E-state index contributed by atoms with van der Waals surface area (Å²) in [5.41, 5.74) is 0.861. The molecule has 0 aliphatic carbocycles. The minimum atomic E-state index is -0.745. The van der Waals surface area contributed by atoms with Crippen molar-refractivity contribution in [3.8, 4) is 5.75 Å². The highest BCUT2D eigenvalue weighted by molar-refractivity contribution is 5.76. The van der Waals surface area contributed by atoms with Gasteiger partial charge in [0.05, 0.1) is 12.5 Å². The Bertz CT molecular complexity index is 357. The number of hydrogen-bond acceptors (Lipinski definition) is 2. The van der Waals surface area contributed by atoms with Gasteiger partial charge in [-0.3, -0.25) is 4.79 Å². The van der Waals surface area contributed by atoms with Crippen LogP contribution >= 0.6 is 0 Å². The molecule has 0 radical (unpaired) electrons. The van der Waals surface area contributed by atoms with E-state index < -0.39 is 11.9 Å². The van der Waals surface area contributed by atoms with Gasteiger partial charge in [-0.25, -0.2) is 0 Å². The molecule has 0 fully saturated rings. The molecule has 0 aromatic heterocycles. The summed E-state index contributed by atoms with van der Waals surface area (Å²) in [5.74, 6) is -0.337. The molecule has 1 unspecified atom stereocenters. The lowest BCUT2D eigenvalue weighted by Crippen LogP contribution is -2.11. The third-order valence-electron chi connectivity index (χ3n) is 2.90. The zero-order valence-corrected chi connectivity index (χ0v) is 11.2. The molecule has 1 aromatic rings. The molecule has 1 aromatic carbocycles. The van der Waals surface area contributed by atoms with Crippen LogP contribution < -0.4 is 4.74 Å². The van der Waals surface area contributed by atoms with Gasteiger partial charge in [-0.1, -0.05) is 38.8 Å². The van der Waals surface area contributed by atoms with Crippen LogP contribution in [0.5, 0.6) is 5.75 Å². The Morgan fingerprint density at radius 1 is 1.22 bits per heavy atom. The molecule has 3 nitrogen and oxygen atoms in total. The number of carboxylic acids is 1. The van der Waals surface area contributed by atoms with Crippen LogP contribution in [-0.2, 0) is 4.79 Å². The van der Waals surface area contributed by atoms with Gasteiger partial charge in [0.15, 0.2) is 0 Å². The van der Waals surface area contributed by atoms with E-state index in [1.54, 1.807) is 0 Å². The topological polar surface area (TPSA) is 46.5 Å². The van der Waals surface area contributed by atoms with E-state index in [4.69, 9.17) is 4.74 Å². The maximum Gasteiger partial charge on any atom is 0.310 e. The van der Waals surface area contributed by atoms with Crippen molar-refractivity contribution in [1.82, 2.24) is 0 Å². The fraction of sp³-hybridized carbons (Fsp3) is 0.533. The molecule has 0 bridgehead atoms. The Labute approximate surface area is 109 Å². The number of benzene rings is 1. The summed E-state index contributed by atoms with van der Waals surface area (Å²) in [7, 11) is 0. The van der Waals surface area contributed by atoms with Crippen molar-refractivity contribution in [2.24, 2.45) is 0 Å². The standard InChI is InChI=1S/C15H22O3/c1-3-5-6-14(15(16)17)12-7-9-13(10-8-12)18-11-4-2/h7-10,14H,3-6,11H2,1-2H3,(H,16,17). The van der Waals surface area contributed by atoms with Gasteiger partial charge in [-0.2, -0.15) is 0 Å². The van der Waals surface area contributed by atoms with E-state index in [0.717, 1.165) is 30.6 Å². The molecule has 0 aliphatic heterocycles. The van der Waals surface area contributed by atoms with E-state index in [9.17, 15) is 9.90 Å². The van der Waals surface area contributed by atoms with Gasteiger partial charge in [0.25, 0.3) is 0 Å². The van der Waals surface area contributed by atoms with Crippen LogP contribution in [-0.4, -0.2) is 17.7 Å². The minimum Gasteiger partial charge on any atom is -0.494 e. The highest BCUT2D eigenvalue weighted by Gasteiger charge is 2.18. The first kappa shape index (κ1) is 14.6. The SMILES string of the molecule is CCCCC(C(=O)O)c1ccc(OCCC)cc1. The maximum absolute atomic E-state index is 11.2. The first-order chi connectivity index (χ1) is 8.69. The summed E-state index contributed by atoms with van der Waals surface area (Å²) in [5, 5.41) is 9.23. The molecule has 0 saturated carbocycles. The second-order valence-corrected chi connectivity index (χ2v) is 4.45. The average Bonchev–Trinajstić information content (AvgIpc) is 2.38. The van der Waals surface area contributed by atoms with Crippen LogP contribution in [0.3, 0.4) is 0 Å². The van der Waals surface area contributed by atoms with Gasteiger partial charge < -0.3 is 9.84 Å². The van der Waals surface area contributed by atoms with Crippen molar-refractivity contribution in [3.05, 3.63) is 29.8 Å². The molecule has 0 heterocycles. The largest absolute Gasteiger partial charge is 0.494 e. The molecule has 1 rings (SSSR count). The van der Waals surface area contributed by atoms with E-state index in [1.165, 1.54) is 0 Å². The van der Waals surface area contributed by atoms with Gasteiger partial charge in [0.1, 0.15) is 5.75 Å². The normalized spacial score (nSPS) is 12.1. The van der Waals surface area contributed by atoms with Crippen LogP contribution in [0.1, 0.15) is 51.0 Å². The van der Waals surface area contributed by atoms with Gasteiger partial charge in [-0.05, 0) is 30.5 Å². The molecule has 0 saturated heterocycles. The number of rotatable bonds is 8. The summed E-state index contributed by atoms with van der Waals surface area (Å²) in [6.45, 7) is 4.82.